The lowest BCUT2D eigenvalue weighted by molar-refractivity contribution is 0.246. The Morgan fingerprint density at radius 3 is 2.54 bits per heavy atom. The summed E-state index contributed by atoms with van der Waals surface area (Å²) in [4.78, 5) is 2.55. The average Bonchev–Trinajstić information content (AvgIpc) is 2.52. The lowest BCUT2D eigenvalue weighted by Gasteiger charge is -2.32. The molecular weight excluding hydrogens is 160 g/mol. The molecule has 0 aliphatic carbocycles. The summed E-state index contributed by atoms with van der Waals surface area (Å²) in [6.45, 7) is 14.0. The summed E-state index contributed by atoms with van der Waals surface area (Å²) in [6, 6.07) is 0. The SMILES string of the molecule is CCNC(C)(C)C1CCN(CC)C1. The summed E-state index contributed by atoms with van der Waals surface area (Å²) in [5, 5.41) is 3.58. The second-order valence-electron chi connectivity index (χ2n) is 4.63. The zero-order chi connectivity index (χ0) is 9.90. The van der Waals surface area contributed by atoms with Crippen molar-refractivity contribution in [3.8, 4) is 0 Å². The highest BCUT2D eigenvalue weighted by Crippen LogP contribution is 2.26. The molecule has 2 heteroatoms. The molecule has 2 nitrogen and oxygen atoms in total. The summed E-state index contributed by atoms with van der Waals surface area (Å²) in [7, 11) is 0. The van der Waals surface area contributed by atoms with E-state index in [1.807, 2.05) is 0 Å². The molecule has 1 fully saturated rings. The molecule has 0 aromatic rings. The van der Waals surface area contributed by atoms with Gasteiger partial charge in [0.25, 0.3) is 0 Å². The first-order valence-electron chi connectivity index (χ1n) is 5.57. The first-order chi connectivity index (χ1) is 6.10. The molecule has 0 aromatic heterocycles. The van der Waals surface area contributed by atoms with Crippen molar-refractivity contribution in [3.05, 3.63) is 0 Å². The van der Waals surface area contributed by atoms with Crippen molar-refractivity contribution in [3.63, 3.8) is 0 Å². The van der Waals surface area contributed by atoms with Gasteiger partial charge in [0.1, 0.15) is 0 Å². The van der Waals surface area contributed by atoms with Gasteiger partial charge in [-0.3, -0.25) is 0 Å². The fraction of sp³-hybridized carbons (Fsp3) is 1.00. The normalized spacial score (nSPS) is 25.4. The summed E-state index contributed by atoms with van der Waals surface area (Å²) >= 11 is 0. The lowest BCUT2D eigenvalue weighted by atomic mass is 9.87. The third kappa shape index (κ3) is 2.68. The average molecular weight is 184 g/mol. The zero-order valence-electron chi connectivity index (χ0n) is 9.56. The highest BCUT2D eigenvalue weighted by molar-refractivity contribution is 4.91. The van der Waals surface area contributed by atoms with Crippen LogP contribution < -0.4 is 5.32 Å². The smallest absolute Gasteiger partial charge is 0.0165 e. The van der Waals surface area contributed by atoms with E-state index in [0.717, 1.165) is 12.5 Å². The highest BCUT2D eigenvalue weighted by atomic mass is 15.2. The van der Waals surface area contributed by atoms with Gasteiger partial charge >= 0.3 is 0 Å². The number of rotatable bonds is 4. The third-order valence-corrected chi connectivity index (χ3v) is 3.37. The van der Waals surface area contributed by atoms with Crippen LogP contribution in [0, 0.1) is 5.92 Å². The minimum atomic E-state index is 0.318. The van der Waals surface area contributed by atoms with Crippen LogP contribution in [0.1, 0.15) is 34.1 Å². The van der Waals surface area contributed by atoms with E-state index in [2.05, 4.69) is 37.9 Å². The molecule has 0 aromatic carbocycles. The molecule has 1 aliphatic rings. The Morgan fingerprint density at radius 2 is 2.08 bits per heavy atom. The van der Waals surface area contributed by atoms with Crippen molar-refractivity contribution in [1.82, 2.24) is 10.2 Å². The molecule has 0 bridgehead atoms. The maximum absolute atomic E-state index is 3.58. The molecule has 1 rings (SSSR count). The molecule has 1 heterocycles. The molecule has 1 N–H and O–H groups in total. The van der Waals surface area contributed by atoms with E-state index in [1.54, 1.807) is 0 Å². The fourth-order valence-electron chi connectivity index (χ4n) is 2.31. The van der Waals surface area contributed by atoms with Gasteiger partial charge in [0, 0.05) is 12.1 Å². The molecule has 1 aliphatic heterocycles. The van der Waals surface area contributed by atoms with E-state index in [0.29, 0.717) is 5.54 Å². The number of hydrogen-bond acceptors (Lipinski definition) is 2. The van der Waals surface area contributed by atoms with Crippen molar-refractivity contribution < 1.29 is 0 Å². The summed E-state index contributed by atoms with van der Waals surface area (Å²) < 4.78 is 0. The second kappa shape index (κ2) is 4.43. The van der Waals surface area contributed by atoms with Crippen molar-refractivity contribution in [2.75, 3.05) is 26.2 Å². The van der Waals surface area contributed by atoms with E-state index in [9.17, 15) is 0 Å². The first-order valence-corrected chi connectivity index (χ1v) is 5.57. The van der Waals surface area contributed by atoms with Crippen LogP contribution in [0.25, 0.3) is 0 Å². The van der Waals surface area contributed by atoms with Gasteiger partial charge in [0.15, 0.2) is 0 Å². The van der Waals surface area contributed by atoms with Crippen LogP contribution in [0.4, 0.5) is 0 Å². The number of likely N-dealkylation sites (tertiary alicyclic amines) is 1. The predicted molar refractivity (Wildman–Crippen MR) is 58.0 cm³/mol. The van der Waals surface area contributed by atoms with Gasteiger partial charge in [-0.2, -0.15) is 0 Å². The first kappa shape index (κ1) is 11.0. The highest BCUT2D eigenvalue weighted by Gasteiger charge is 2.33. The summed E-state index contributed by atoms with van der Waals surface area (Å²) in [5.74, 6) is 0.826. The van der Waals surface area contributed by atoms with Crippen LogP contribution >= 0.6 is 0 Å². The molecule has 13 heavy (non-hydrogen) atoms. The molecule has 0 saturated carbocycles. The van der Waals surface area contributed by atoms with Gasteiger partial charge < -0.3 is 10.2 Å². The Hall–Kier alpha value is -0.0800. The molecule has 0 spiro atoms. The second-order valence-corrected chi connectivity index (χ2v) is 4.63. The van der Waals surface area contributed by atoms with E-state index in [4.69, 9.17) is 0 Å². The van der Waals surface area contributed by atoms with E-state index in [1.165, 1.54) is 26.1 Å². The maximum atomic E-state index is 3.58. The standard InChI is InChI=1S/C11H24N2/c1-5-12-11(3,4)10-7-8-13(6-2)9-10/h10,12H,5-9H2,1-4H3. The fourth-order valence-corrected chi connectivity index (χ4v) is 2.31. The van der Waals surface area contributed by atoms with E-state index >= 15 is 0 Å². The van der Waals surface area contributed by atoms with Gasteiger partial charge in [-0.1, -0.05) is 13.8 Å². The van der Waals surface area contributed by atoms with Gasteiger partial charge in [-0.05, 0) is 45.8 Å². The van der Waals surface area contributed by atoms with E-state index < -0.39 is 0 Å². The molecule has 78 valence electrons. The molecule has 0 radical (unpaired) electrons. The van der Waals surface area contributed by atoms with Crippen LogP contribution in [0.5, 0.6) is 0 Å². The Balaban J connectivity index is 2.44. The molecule has 1 saturated heterocycles. The molecule has 0 amide bonds. The van der Waals surface area contributed by atoms with Crippen LogP contribution in [0.3, 0.4) is 0 Å². The molecule has 1 unspecified atom stereocenters. The van der Waals surface area contributed by atoms with Crippen LogP contribution in [0.2, 0.25) is 0 Å². The predicted octanol–water partition coefficient (Wildman–Crippen LogP) is 1.72. The van der Waals surface area contributed by atoms with Crippen LogP contribution in [0.15, 0.2) is 0 Å². The zero-order valence-corrected chi connectivity index (χ0v) is 9.56. The van der Waals surface area contributed by atoms with E-state index in [-0.39, 0.29) is 0 Å². The Morgan fingerprint density at radius 1 is 1.38 bits per heavy atom. The van der Waals surface area contributed by atoms with Gasteiger partial charge in [0.2, 0.25) is 0 Å². The van der Waals surface area contributed by atoms with Gasteiger partial charge in [-0.25, -0.2) is 0 Å². The minimum absolute atomic E-state index is 0.318. The minimum Gasteiger partial charge on any atom is -0.312 e. The lowest BCUT2D eigenvalue weighted by Crippen LogP contribution is -2.46. The van der Waals surface area contributed by atoms with Crippen LogP contribution in [-0.2, 0) is 0 Å². The number of nitrogens with one attached hydrogen (secondary N) is 1. The monoisotopic (exact) mass is 184 g/mol. The molecular formula is C11H24N2. The number of hydrogen-bond donors (Lipinski definition) is 1. The van der Waals surface area contributed by atoms with Crippen molar-refractivity contribution in [2.45, 2.75) is 39.7 Å². The van der Waals surface area contributed by atoms with Crippen molar-refractivity contribution in [1.29, 1.82) is 0 Å². The Kier molecular flexibility index (Phi) is 3.74. The summed E-state index contributed by atoms with van der Waals surface area (Å²) in [6.07, 6.45) is 1.36. The van der Waals surface area contributed by atoms with Crippen molar-refractivity contribution >= 4 is 0 Å². The Labute approximate surface area is 82.7 Å². The maximum Gasteiger partial charge on any atom is 0.0165 e. The largest absolute Gasteiger partial charge is 0.312 e. The van der Waals surface area contributed by atoms with Gasteiger partial charge in [-0.15, -0.1) is 0 Å². The topological polar surface area (TPSA) is 15.3 Å². The van der Waals surface area contributed by atoms with Gasteiger partial charge in [0.05, 0.1) is 0 Å². The molecule has 1 atom stereocenters. The Bertz CT molecular complexity index is 154. The third-order valence-electron chi connectivity index (χ3n) is 3.37. The number of nitrogens with zero attached hydrogens (tertiary/aromatic N) is 1. The van der Waals surface area contributed by atoms with Crippen LogP contribution in [-0.4, -0.2) is 36.6 Å². The summed E-state index contributed by atoms with van der Waals surface area (Å²) in [5.41, 5.74) is 0.318. The quantitative estimate of drug-likeness (QED) is 0.715. The van der Waals surface area contributed by atoms with Crippen molar-refractivity contribution in [2.24, 2.45) is 5.92 Å².